The molecule has 12 heteroatoms. The number of halogens is 2. The molecule has 3 aromatic rings. The molecule has 0 amide bonds. The van der Waals surface area contributed by atoms with Crippen molar-refractivity contribution in [1.29, 1.82) is 0 Å². The summed E-state index contributed by atoms with van der Waals surface area (Å²) in [6.07, 6.45) is 4.45. The topological polar surface area (TPSA) is 80.1 Å². The van der Waals surface area contributed by atoms with Crippen LogP contribution < -0.4 is 14.2 Å². The van der Waals surface area contributed by atoms with Crippen molar-refractivity contribution >= 4 is 49.2 Å². The third-order valence-electron chi connectivity index (χ3n) is 8.89. The first-order valence-electron chi connectivity index (χ1n) is 15.4. The molecule has 2 aliphatic heterocycles. The predicted molar refractivity (Wildman–Crippen MR) is 191 cm³/mol. The number of hydrogen-bond acceptors (Lipinski definition) is 8. The minimum absolute atomic E-state index is 0.274. The average Bonchev–Trinajstić information content (AvgIpc) is 3.57. The van der Waals surface area contributed by atoms with Crippen LogP contribution >= 0.6 is 31.9 Å². The molecule has 6 rings (SSSR count). The van der Waals surface area contributed by atoms with E-state index in [9.17, 15) is 0 Å². The first-order chi connectivity index (χ1) is 23.4. The van der Waals surface area contributed by atoms with E-state index in [4.69, 9.17) is 69.3 Å². The van der Waals surface area contributed by atoms with Gasteiger partial charge in [-0.25, -0.2) is 0 Å². The summed E-state index contributed by atoms with van der Waals surface area (Å²) in [7, 11) is 6.57. The van der Waals surface area contributed by atoms with E-state index < -0.39 is 25.7 Å². The van der Waals surface area contributed by atoms with Crippen molar-refractivity contribution in [2.75, 3.05) is 28.4 Å². The molecule has 0 aromatic heterocycles. The Morgan fingerprint density at radius 1 is 0.735 bits per heavy atom. The molecular weight excluding hydrogens is 846 g/mol. The maximum absolute atomic E-state index is 6.40. The van der Waals surface area contributed by atoms with Crippen LogP contribution in [0.3, 0.4) is 0 Å². The van der Waals surface area contributed by atoms with E-state index in [2.05, 4.69) is 37.9 Å². The van der Waals surface area contributed by atoms with Gasteiger partial charge in [-0.3, -0.25) is 0 Å². The summed E-state index contributed by atoms with van der Waals surface area (Å²) in [6.45, 7) is 3.97. The number of para-hydroxylation sites is 2. The fourth-order valence-corrected chi connectivity index (χ4v) is 8.05. The first-order valence-corrected chi connectivity index (χ1v) is 18.3. The van der Waals surface area contributed by atoms with Crippen LogP contribution in [0.15, 0.2) is 94.4 Å². The van der Waals surface area contributed by atoms with Crippen molar-refractivity contribution in [3.63, 3.8) is 0 Å². The molecule has 49 heavy (non-hydrogen) atoms. The number of aliphatic imine (C=N–C) groups is 2. The van der Waals surface area contributed by atoms with Gasteiger partial charge in [-0.05, 0) is 0 Å². The number of benzene rings is 3. The van der Waals surface area contributed by atoms with Gasteiger partial charge in [-0.2, -0.15) is 0 Å². The van der Waals surface area contributed by atoms with Gasteiger partial charge in [-0.15, -0.1) is 0 Å². The summed E-state index contributed by atoms with van der Waals surface area (Å²) in [5.41, 5.74) is 3.42. The fraction of sp³-hybridized carbons (Fsp3) is 0.351. The number of nitrogens with zero attached hydrogens (tertiary/aromatic N) is 2. The molecule has 0 saturated heterocycles. The fourth-order valence-electron chi connectivity index (χ4n) is 6.37. The zero-order valence-electron chi connectivity index (χ0n) is 27.7. The molecule has 0 spiro atoms. The van der Waals surface area contributed by atoms with Crippen molar-refractivity contribution in [3.8, 4) is 28.4 Å². The van der Waals surface area contributed by atoms with E-state index in [1.165, 1.54) is 0 Å². The summed E-state index contributed by atoms with van der Waals surface area (Å²) in [5.74, 6) is 2.92. The SMILES string of the molecule is COc1ccccc1C1=CC(Br)C(Br)(OC)C(C2=N[C@](C)(C[C@@]3(C)N=C(c4cc(-c5ccccc5OC)ccc4OC)O[CH]3[Ni])[CH]([Ni])O2)=C1. The van der Waals surface area contributed by atoms with Crippen LogP contribution in [0.4, 0.5) is 0 Å². The number of methoxy groups -OCH3 is 4. The van der Waals surface area contributed by atoms with Gasteiger partial charge in [-0.1, -0.05) is 0 Å². The second kappa shape index (κ2) is 14.2. The summed E-state index contributed by atoms with van der Waals surface area (Å²) in [4.78, 5) is 9.99. The van der Waals surface area contributed by atoms with Crippen molar-refractivity contribution in [2.45, 2.75) is 50.8 Å². The van der Waals surface area contributed by atoms with Crippen LogP contribution in [0.25, 0.3) is 16.7 Å². The summed E-state index contributed by atoms with van der Waals surface area (Å²) < 4.78 is 34.8. The van der Waals surface area contributed by atoms with E-state index >= 15 is 0 Å². The molecule has 264 valence electrons. The Hall–Kier alpha value is -2.61. The van der Waals surface area contributed by atoms with Gasteiger partial charge in [0.25, 0.3) is 0 Å². The molecule has 1 aliphatic carbocycles. The van der Waals surface area contributed by atoms with Crippen LogP contribution in [0, 0.1) is 0 Å². The first kappa shape index (κ1) is 36.2. The Balaban J connectivity index is 1.35. The average molecular weight is 882 g/mol. The Labute approximate surface area is 319 Å². The molecule has 0 bridgehead atoms. The number of ether oxygens (including phenoxy) is 6. The molecule has 0 N–H and O–H groups in total. The Morgan fingerprint density at radius 3 is 1.88 bits per heavy atom. The van der Waals surface area contributed by atoms with E-state index in [0.29, 0.717) is 35.1 Å². The van der Waals surface area contributed by atoms with Gasteiger partial charge in [0.1, 0.15) is 0 Å². The maximum atomic E-state index is 6.40. The summed E-state index contributed by atoms with van der Waals surface area (Å²) in [6, 6.07) is 21.5. The van der Waals surface area contributed by atoms with Crippen molar-refractivity contribution in [2.24, 2.45) is 9.98 Å². The number of hydrogen-bond donors (Lipinski definition) is 0. The Morgan fingerprint density at radius 2 is 1.27 bits per heavy atom. The molecule has 3 aliphatic rings. The second-order valence-corrected chi connectivity index (χ2v) is 15.5. The summed E-state index contributed by atoms with van der Waals surface area (Å²) >= 11 is 18.7. The standard InChI is InChI=1S/C37H36Br2N2O6.2Ni/c1-35(21-46-33(40-35)27-17-23(15-16-31(27)44-5)25-11-7-9-13-29(25)42-3)20-36(2)22-47-34(41-36)28-18-24(19-32(38)37(28,39)45-6)26-12-8-10-14-30(26)43-4;;/h7-19,21-22,32H,20H2,1-6H3;;/t32?,35-,36-,37?;;/m1../s1. The van der Waals surface area contributed by atoms with Gasteiger partial charge in [0.2, 0.25) is 0 Å². The molecule has 0 saturated carbocycles. The zero-order chi connectivity index (χ0) is 35.1. The van der Waals surface area contributed by atoms with E-state index in [1.807, 2.05) is 86.7 Å². The van der Waals surface area contributed by atoms with E-state index in [-0.39, 0.29) is 4.83 Å². The van der Waals surface area contributed by atoms with Gasteiger partial charge in [0.05, 0.1) is 0 Å². The Kier molecular flexibility index (Phi) is 10.5. The van der Waals surface area contributed by atoms with Crippen LogP contribution in [0.1, 0.15) is 31.4 Å². The molecular formula is C37H36Br2N2Ni2O6. The normalized spacial score (nSPS) is 29.3. The van der Waals surface area contributed by atoms with Crippen LogP contribution in [0.5, 0.6) is 17.2 Å². The van der Waals surface area contributed by atoms with Gasteiger partial charge < -0.3 is 0 Å². The zero-order valence-corrected chi connectivity index (χ0v) is 32.8. The quantitative estimate of drug-likeness (QED) is 0.153. The number of alkyl halides is 2. The molecule has 8 nitrogen and oxygen atoms in total. The van der Waals surface area contributed by atoms with Crippen molar-refractivity contribution in [3.05, 3.63) is 95.6 Å². The molecule has 6 atom stereocenters. The van der Waals surface area contributed by atoms with Gasteiger partial charge in [0.15, 0.2) is 0 Å². The third kappa shape index (κ3) is 6.65. The van der Waals surface area contributed by atoms with Crippen LogP contribution in [-0.4, -0.2) is 70.8 Å². The molecule has 3 aromatic carbocycles. The molecule has 0 radical (unpaired) electrons. The Bertz CT molecular complexity index is 1880. The van der Waals surface area contributed by atoms with E-state index in [1.54, 1.807) is 28.4 Å². The third-order valence-corrected chi connectivity index (χ3v) is 13.1. The minimum atomic E-state index is -0.973. The van der Waals surface area contributed by atoms with Crippen LogP contribution in [0.2, 0.25) is 0 Å². The number of rotatable bonds is 10. The predicted octanol–water partition coefficient (Wildman–Crippen LogP) is 7.76. The molecule has 2 heterocycles. The van der Waals surface area contributed by atoms with Gasteiger partial charge in [0, 0.05) is 0 Å². The number of allylic oxidation sites excluding steroid dienone is 2. The van der Waals surface area contributed by atoms with Crippen molar-refractivity contribution < 1.29 is 59.4 Å². The molecule has 4 unspecified atom stereocenters. The van der Waals surface area contributed by atoms with Crippen LogP contribution in [-0.2, 0) is 45.1 Å². The summed E-state index contributed by atoms with van der Waals surface area (Å²) in [5, 5.41) is -1.32. The molecule has 0 fully saturated rings. The van der Waals surface area contributed by atoms with Gasteiger partial charge >= 0.3 is 322 Å². The van der Waals surface area contributed by atoms with E-state index in [0.717, 1.165) is 33.8 Å². The second-order valence-electron chi connectivity index (χ2n) is 12.3. The van der Waals surface area contributed by atoms with Crippen molar-refractivity contribution in [1.82, 2.24) is 0 Å². The monoisotopic (exact) mass is 878 g/mol.